The van der Waals surface area contributed by atoms with E-state index in [-0.39, 0.29) is 26.8 Å². The van der Waals surface area contributed by atoms with Crippen molar-refractivity contribution in [2.24, 2.45) is 11.3 Å². The van der Waals surface area contributed by atoms with Crippen LogP contribution in [0.15, 0.2) is 83.5 Å². The van der Waals surface area contributed by atoms with Crippen molar-refractivity contribution in [2.75, 3.05) is 75.5 Å². The van der Waals surface area contributed by atoms with Crippen molar-refractivity contribution in [2.45, 2.75) is 50.8 Å². The van der Waals surface area contributed by atoms with Gasteiger partial charge >= 0.3 is 0 Å². The number of carbonyl (C=O) groups excluding carboxylic acids is 1. The molecule has 2 saturated heterocycles. The molecule has 5 aromatic rings. The molecule has 0 bridgehead atoms. The predicted octanol–water partition coefficient (Wildman–Crippen LogP) is 8.51. The Kier molecular flexibility index (Phi) is 12.1. The summed E-state index contributed by atoms with van der Waals surface area (Å²) in [6.07, 6.45) is 7.95. The number of piperazine rings is 1. The van der Waals surface area contributed by atoms with Crippen LogP contribution in [0.5, 0.6) is 11.8 Å². The van der Waals surface area contributed by atoms with Crippen molar-refractivity contribution < 1.29 is 27.4 Å². The van der Waals surface area contributed by atoms with Gasteiger partial charge in [0.05, 0.1) is 30.6 Å². The normalized spacial score (nSPS) is 18.7. The summed E-state index contributed by atoms with van der Waals surface area (Å²) < 4.78 is 47.1. The lowest BCUT2D eigenvalue weighted by atomic mass is 9.72. The molecule has 16 heteroatoms. The maximum Gasteiger partial charge on any atom is 0.267 e. The molecule has 3 aliphatic heterocycles. The largest absolute Gasteiger partial charge is 0.476 e. The number of aromatic nitrogens is 3. The summed E-state index contributed by atoms with van der Waals surface area (Å²) in [5, 5.41) is 1.65. The molecule has 6 heterocycles. The van der Waals surface area contributed by atoms with Crippen LogP contribution in [-0.4, -0.2) is 99.9 Å². The van der Waals surface area contributed by atoms with Gasteiger partial charge in [-0.15, -0.1) is 0 Å². The van der Waals surface area contributed by atoms with E-state index in [1.165, 1.54) is 22.8 Å². The second-order valence-corrected chi connectivity index (χ2v) is 19.9. The van der Waals surface area contributed by atoms with Crippen LogP contribution in [0, 0.1) is 11.3 Å². The number of rotatable bonds is 11. The Bertz CT molecular complexity index is 2600. The van der Waals surface area contributed by atoms with Crippen molar-refractivity contribution in [3.8, 4) is 11.8 Å². The number of fused-ring (bicyclic) bond motifs is 2. The zero-order valence-electron chi connectivity index (χ0n) is 35.0. The van der Waals surface area contributed by atoms with E-state index in [0.717, 1.165) is 87.1 Å². The van der Waals surface area contributed by atoms with E-state index < -0.39 is 15.9 Å². The number of amides is 1. The summed E-state index contributed by atoms with van der Waals surface area (Å²) in [6, 6.07) is 19.0. The number of hydrogen-bond acceptors (Lipinski definition) is 11. The third kappa shape index (κ3) is 9.26. The van der Waals surface area contributed by atoms with Gasteiger partial charge in [0.1, 0.15) is 27.9 Å². The first-order valence-electron chi connectivity index (χ1n) is 21.3. The topological polar surface area (TPSA) is 142 Å². The number of sulfonamides is 1. The Morgan fingerprint density at radius 3 is 2.53 bits per heavy atom. The molecule has 9 rings (SSSR count). The molecular weight excluding hydrogens is 850 g/mol. The Labute approximate surface area is 372 Å². The lowest BCUT2D eigenvalue weighted by Gasteiger charge is -2.39. The summed E-state index contributed by atoms with van der Waals surface area (Å²) in [6.45, 7) is 11.4. The number of nitrogens with zero attached hydrogens (tertiary/aromatic N) is 5. The van der Waals surface area contributed by atoms with Crippen molar-refractivity contribution in [1.29, 1.82) is 0 Å². The smallest absolute Gasteiger partial charge is 0.267 e. The number of ether oxygens (including phenoxy) is 3. The van der Waals surface area contributed by atoms with Gasteiger partial charge in [0.15, 0.2) is 0 Å². The molecule has 1 aliphatic carbocycles. The van der Waals surface area contributed by atoms with Crippen molar-refractivity contribution >= 4 is 72.8 Å². The average Bonchev–Trinajstić information content (AvgIpc) is 3.73. The van der Waals surface area contributed by atoms with E-state index in [0.29, 0.717) is 61.8 Å². The maximum absolute atomic E-state index is 14.2. The van der Waals surface area contributed by atoms with E-state index in [2.05, 4.69) is 50.5 Å². The zero-order valence-corrected chi connectivity index (χ0v) is 37.3. The molecule has 2 N–H and O–H groups in total. The number of pyridine rings is 2. The van der Waals surface area contributed by atoms with E-state index in [4.69, 9.17) is 42.4 Å². The second-order valence-electron chi connectivity index (χ2n) is 17.4. The number of aromatic amines is 1. The van der Waals surface area contributed by atoms with Gasteiger partial charge in [-0.2, -0.15) is 4.98 Å². The molecule has 3 aromatic heterocycles. The molecule has 2 fully saturated rings. The standard InChI is InChI=1S/C46H51Cl2N7O6S/c1-46(2)13-9-33(38(26-46)31-3-5-34(47)6-4-31)28-53-15-17-54(18-16-53)35-7-8-37(40(24-35)55-19-22-60-45-41(55)23-32-10-14-49-42(32)51-45)43(56)52-62(57,58)36-25-39(48)44(50-27-36)61-29-30-11-20-59-21-12-30/h3-8,10,14,23-25,27,30H,9,11-13,15-22,26,28-29H2,1-2H3,(H,49,51)(H,52,56). The van der Waals surface area contributed by atoms with Gasteiger partial charge in [-0.3, -0.25) is 9.69 Å². The van der Waals surface area contributed by atoms with Crippen molar-refractivity contribution in [3.05, 3.63) is 99.8 Å². The van der Waals surface area contributed by atoms with Crippen LogP contribution in [0.1, 0.15) is 61.9 Å². The van der Waals surface area contributed by atoms with Crippen LogP contribution >= 0.6 is 23.2 Å². The van der Waals surface area contributed by atoms with Crippen molar-refractivity contribution in [1.82, 2.24) is 24.6 Å². The van der Waals surface area contributed by atoms with E-state index in [9.17, 15) is 13.2 Å². The third-order valence-corrected chi connectivity index (χ3v) is 14.3. The third-order valence-electron chi connectivity index (χ3n) is 12.5. The van der Waals surface area contributed by atoms with Crippen LogP contribution < -0.4 is 24.0 Å². The van der Waals surface area contributed by atoms with Gasteiger partial charge in [0, 0.05) is 68.2 Å². The highest BCUT2D eigenvalue weighted by Crippen LogP contribution is 2.44. The predicted molar refractivity (Wildman–Crippen MR) is 243 cm³/mol. The van der Waals surface area contributed by atoms with Gasteiger partial charge in [0.2, 0.25) is 11.8 Å². The number of hydrogen-bond donors (Lipinski definition) is 2. The lowest BCUT2D eigenvalue weighted by Crippen LogP contribution is -2.47. The molecule has 1 amide bonds. The first-order valence-corrected chi connectivity index (χ1v) is 23.5. The van der Waals surface area contributed by atoms with Crippen LogP contribution in [0.3, 0.4) is 0 Å². The van der Waals surface area contributed by atoms with Crippen LogP contribution in [0.2, 0.25) is 10.0 Å². The Balaban J connectivity index is 0.960. The minimum Gasteiger partial charge on any atom is -0.476 e. The number of halogens is 2. The highest BCUT2D eigenvalue weighted by molar-refractivity contribution is 7.90. The first kappa shape index (κ1) is 42.4. The highest BCUT2D eigenvalue weighted by Gasteiger charge is 2.32. The van der Waals surface area contributed by atoms with E-state index in [1.54, 1.807) is 6.07 Å². The van der Waals surface area contributed by atoms with Gasteiger partial charge in [-0.05, 0) is 103 Å². The molecule has 4 aliphatic rings. The summed E-state index contributed by atoms with van der Waals surface area (Å²) >= 11 is 12.7. The Hall–Kier alpha value is -4.86. The number of carbonyl (C=O) groups is 1. The molecule has 13 nitrogen and oxygen atoms in total. The molecule has 62 heavy (non-hydrogen) atoms. The molecule has 326 valence electrons. The molecule has 0 saturated carbocycles. The van der Waals surface area contributed by atoms with Gasteiger partial charge in [-0.25, -0.2) is 18.1 Å². The number of allylic oxidation sites excluding steroid dienone is 1. The molecule has 0 unspecified atom stereocenters. The molecule has 0 spiro atoms. The van der Waals surface area contributed by atoms with Gasteiger partial charge < -0.3 is 29.0 Å². The Morgan fingerprint density at radius 2 is 1.76 bits per heavy atom. The number of anilines is 3. The van der Waals surface area contributed by atoms with E-state index >= 15 is 0 Å². The molecule has 2 aromatic carbocycles. The fourth-order valence-corrected chi connectivity index (χ4v) is 10.2. The molecular formula is C46H51Cl2N7O6S. The molecule has 0 atom stereocenters. The summed E-state index contributed by atoms with van der Waals surface area (Å²) in [7, 11) is -4.39. The van der Waals surface area contributed by atoms with Gasteiger partial charge in [-0.1, -0.05) is 54.8 Å². The number of H-pyrrole nitrogens is 1. The summed E-state index contributed by atoms with van der Waals surface area (Å²) in [4.78, 5) is 32.9. The minimum atomic E-state index is -4.39. The fourth-order valence-electron chi connectivity index (χ4n) is 8.89. The van der Waals surface area contributed by atoms with Crippen LogP contribution in [0.25, 0.3) is 16.6 Å². The average molecular weight is 901 g/mol. The number of nitrogens with one attached hydrogen (secondary N) is 2. The SMILES string of the molecule is CC1(C)CCC(CN2CCN(c3ccc(C(=O)NS(=O)(=O)c4cnc(OCC5CCOCC5)c(Cl)c4)c(N4CCOc5nc6[nH]ccc6cc54)c3)CC2)=C(c2ccc(Cl)cc2)C1. The quantitative estimate of drug-likeness (QED) is 0.132. The summed E-state index contributed by atoms with van der Waals surface area (Å²) in [5.74, 6) is 0.0553. The molecule has 0 radical (unpaired) electrons. The second kappa shape index (κ2) is 17.7. The van der Waals surface area contributed by atoms with Gasteiger partial charge in [0.25, 0.3) is 15.9 Å². The minimum absolute atomic E-state index is 0.0347. The zero-order chi connectivity index (χ0) is 43.0. The maximum atomic E-state index is 14.2. The highest BCUT2D eigenvalue weighted by atomic mass is 35.5. The lowest BCUT2D eigenvalue weighted by molar-refractivity contribution is 0.0490. The van der Waals surface area contributed by atoms with Crippen molar-refractivity contribution in [3.63, 3.8) is 0 Å². The summed E-state index contributed by atoms with van der Waals surface area (Å²) in [5.41, 5.74) is 7.42. The monoisotopic (exact) mass is 899 g/mol. The first-order chi connectivity index (χ1) is 29.9. The Morgan fingerprint density at radius 1 is 0.968 bits per heavy atom. The fraction of sp³-hybridized carbons (Fsp3) is 0.413. The van der Waals surface area contributed by atoms with E-state index in [1.807, 2.05) is 47.5 Å². The van der Waals surface area contributed by atoms with Crippen LogP contribution in [0.4, 0.5) is 17.1 Å². The number of benzene rings is 2. The van der Waals surface area contributed by atoms with Crippen LogP contribution in [-0.2, 0) is 14.8 Å².